The van der Waals surface area contributed by atoms with Gasteiger partial charge in [0.2, 0.25) is 0 Å². The quantitative estimate of drug-likeness (QED) is 0.0360. The van der Waals surface area contributed by atoms with Gasteiger partial charge in [0, 0.05) is 0 Å². The minimum Gasteiger partial charge on any atom is -0.443 e. The molecule has 1 fully saturated rings. The molecule has 0 radical (unpaired) electrons. The first-order valence-corrected chi connectivity index (χ1v) is 27.4. The highest BCUT2D eigenvalue weighted by atomic mass is 16.6. The van der Waals surface area contributed by atoms with E-state index >= 15 is 0 Å². The van der Waals surface area contributed by atoms with E-state index in [-0.39, 0.29) is 6.61 Å². The lowest BCUT2D eigenvalue weighted by Gasteiger charge is -2.46. The third-order valence-electron chi connectivity index (χ3n) is 12.8. The molecule has 4 aromatic carbocycles. The van der Waals surface area contributed by atoms with Crippen LogP contribution in [0.25, 0.3) is 0 Å². The molecule has 0 spiro atoms. The van der Waals surface area contributed by atoms with Gasteiger partial charge in [0.15, 0.2) is 0 Å². The van der Waals surface area contributed by atoms with Crippen molar-refractivity contribution in [2.45, 2.75) is 219 Å². The summed E-state index contributed by atoms with van der Waals surface area (Å²) in [6, 6.07) is 39.6. The van der Waals surface area contributed by atoms with Crippen LogP contribution in [-0.4, -0.2) is 71.5 Å². The van der Waals surface area contributed by atoms with Crippen molar-refractivity contribution in [3.63, 3.8) is 0 Å². The molecule has 0 N–H and O–H groups in total. The number of carbonyl (C=O) groups is 2. The average molecular weight is 1000 g/mol. The van der Waals surface area contributed by atoms with Crippen LogP contribution >= 0.6 is 0 Å². The monoisotopic (exact) mass is 1000 g/mol. The van der Waals surface area contributed by atoms with E-state index in [0.717, 1.165) is 46.4 Å². The van der Waals surface area contributed by atoms with Gasteiger partial charge in [-0.2, -0.15) is 0 Å². The van der Waals surface area contributed by atoms with Gasteiger partial charge in [-0.25, -0.2) is 14.5 Å². The Morgan fingerprint density at radius 1 is 0.521 bits per heavy atom. The van der Waals surface area contributed by atoms with Gasteiger partial charge in [-0.05, 0) is 89.5 Å². The second-order valence-corrected chi connectivity index (χ2v) is 21.6. The molecule has 0 bridgehead atoms. The molecule has 0 aliphatic carbocycles. The van der Waals surface area contributed by atoms with E-state index in [1.54, 1.807) is 41.5 Å². The standard InChI is InChI=1S/C63H89NO9/c1-8-9-10-11-12-13-14-15-16-17-18-19-20-33-42-54(64(60(65)72-62(2,3)4)61(66)73-63(5,6)7)43-44-55-57(68-46-51-36-27-22-28-37-51)59(70-48-53-40-31-24-32-41-53)58(69-47-52-38-29-23-30-39-52)56(71-55)49-67-45-50-34-25-21-26-35-50/h21-42,54-59H,8-20,43-49H2,1-7H3/b42-33+/t54-,55-,56-,57+,58+,59-/m1/s1. The Morgan fingerprint density at radius 3 is 1.33 bits per heavy atom. The van der Waals surface area contributed by atoms with Gasteiger partial charge in [0.1, 0.15) is 35.6 Å². The zero-order chi connectivity index (χ0) is 52.2. The Labute approximate surface area is 439 Å². The van der Waals surface area contributed by atoms with Crippen LogP contribution in [-0.2, 0) is 59.6 Å². The molecule has 10 nitrogen and oxygen atoms in total. The van der Waals surface area contributed by atoms with E-state index < -0.39 is 60.0 Å². The van der Waals surface area contributed by atoms with Gasteiger partial charge in [-0.3, -0.25) is 0 Å². The maximum atomic E-state index is 14.3. The maximum Gasteiger partial charge on any atom is 0.420 e. The number of hydrogen-bond acceptors (Lipinski definition) is 9. The summed E-state index contributed by atoms with van der Waals surface area (Å²) in [5.74, 6) is 0. The molecule has 0 saturated carbocycles. The van der Waals surface area contributed by atoms with Crippen molar-refractivity contribution in [1.82, 2.24) is 4.90 Å². The molecule has 400 valence electrons. The van der Waals surface area contributed by atoms with Crippen LogP contribution in [0.4, 0.5) is 9.59 Å². The van der Waals surface area contributed by atoms with Crippen LogP contribution in [0, 0.1) is 0 Å². The summed E-state index contributed by atoms with van der Waals surface area (Å²) >= 11 is 0. The largest absolute Gasteiger partial charge is 0.443 e. The number of benzene rings is 4. The zero-order valence-corrected chi connectivity index (χ0v) is 45.4. The smallest absolute Gasteiger partial charge is 0.420 e. The second kappa shape index (κ2) is 32.5. The lowest BCUT2D eigenvalue weighted by molar-refractivity contribution is -0.273. The lowest BCUT2D eigenvalue weighted by Crippen LogP contribution is -2.61. The fraction of sp³-hybridized carbons (Fsp3) is 0.556. The fourth-order valence-electron chi connectivity index (χ4n) is 9.09. The molecule has 5 rings (SSSR count). The summed E-state index contributed by atoms with van der Waals surface area (Å²) in [6.07, 6.45) is 16.2. The Balaban J connectivity index is 1.45. The van der Waals surface area contributed by atoms with E-state index in [1.807, 2.05) is 127 Å². The maximum absolute atomic E-state index is 14.3. The second-order valence-electron chi connectivity index (χ2n) is 21.6. The topological polar surface area (TPSA) is 102 Å². The molecule has 1 saturated heterocycles. The van der Waals surface area contributed by atoms with Crippen molar-refractivity contribution in [2.24, 2.45) is 0 Å². The molecule has 73 heavy (non-hydrogen) atoms. The summed E-state index contributed by atoms with van der Waals surface area (Å²) < 4.78 is 46.6. The van der Waals surface area contributed by atoms with E-state index in [4.69, 9.17) is 33.2 Å². The van der Waals surface area contributed by atoms with Gasteiger partial charge >= 0.3 is 12.2 Å². The SMILES string of the molecule is CCCCCCCCCCCCCC/C=C/[C@H](CC[C@H]1O[C@H](COCc2ccccc2)[C@H](OCc2ccccc2)[C@H](OCc2ccccc2)[C@H]1OCc1ccccc1)N(C(=O)OC(C)(C)C)C(=O)OC(C)(C)C. The van der Waals surface area contributed by atoms with Crippen LogP contribution in [0.1, 0.15) is 167 Å². The number of nitrogens with zero attached hydrogens (tertiary/aromatic N) is 1. The van der Waals surface area contributed by atoms with Gasteiger partial charge in [0.05, 0.1) is 45.2 Å². The van der Waals surface area contributed by atoms with E-state index in [0.29, 0.717) is 39.3 Å². The predicted octanol–water partition coefficient (Wildman–Crippen LogP) is 15.7. The Hall–Kier alpha value is -4.84. The normalized spacial score (nSPS) is 18.6. The first kappa shape index (κ1) is 59.0. The van der Waals surface area contributed by atoms with E-state index in [9.17, 15) is 9.59 Å². The van der Waals surface area contributed by atoms with Crippen molar-refractivity contribution < 1.29 is 42.7 Å². The third kappa shape index (κ3) is 23.1. The number of rotatable bonds is 31. The minimum absolute atomic E-state index is 0.214. The van der Waals surface area contributed by atoms with Crippen molar-refractivity contribution in [2.75, 3.05) is 6.61 Å². The Morgan fingerprint density at radius 2 is 0.904 bits per heavy atom. The van der Waals surface area contributed by atoms with Crippen molar-refractivity contribution in [1.29, 1.82) is 0 Å². The molecule has 0 unspecified atom stereocenters. The highest BCUT2D eigenvalue weighted by Gasteiger charge is 2.49. The van der Waals surface area contributed by atoms with Crippen LogP contribution in [0.15, 0.2) is 133 Å². The Kier molecular flexibility index (Phi) is 26.3. The lowest BCUT2D eigenvalue weighted by atomic mass is 9.90. The third-order valence-corrected chi connectivity index (χ3v) is 12.8. The minimum atomic E-state index is -0.867. The average Bonchev–Trinajstić information content (AvgIpc) is 3.36. The first-order valence-electron chi connectivity index (χ1n) is 27.4. The predicted molar refractivity (Wildman–Crippen MR) is 292 cm³/mol. The summed E-state index contributed by atoms with van der Waals surface area (Å²) in [4.78, 5) is 29.7. The molecular formula is C63H89NO9. The van der Waals surface area contributed by atoms with Crippen molar-refractivity contribution in [3.8, 4) is 0 Å². The molecular weight excluding hydrogens is 915 g/mol. The van der Waals surface area contributed by atoms with Gasteiger partial charge in [0.25, 0.3) is 0 Å². The molecule has 1 aliphatic rings. The summed E-state index contributed by atoms with van der Waals surface area (Å²) in [6.45, 7) is 14.6. The van der Waals surface area contributed by atoms with E-state index in [2.05, 4.69) is 13.0 Å². The van der Waals surface area contributed by atoms with Gasteiger partial charge in [-0.1, -0.05) is 211 Å². The zero-order valence-electron chi connectivity index (χ0n) is 45.4. The molecule has 6 atom stereocenters. The van der Waals surface area contributed by atoms with Crippen LogP contribution < -0.4 is 0 Å². The van der Waals surface area contributed by atoms with Crippen LogP contribution in [0.5, 0.6) is 0 Å². The number of hydrogen-bond donors (Lipinski definition) is 0. The van der Waals surface area contributed by atoms with Crippen molar-refractivity contribution in [3.05, 3.63) is 156 Å². The number of amides is 2. The highest BCUT2D eigenvalue weighted by molar-refractivity contribution is 5.89. The highest BCUT2D eigenvalue weighted by Crippen LogP contribution is 2.34. The number of unbranched alkanes of at least 4 members (excludes halogenated alkanes) is 12. The molecule has 1 heterocycles. The van der Waals surface area contributed by atoms with Crippen LogP contribution in [0.2, 0.25) is 0 Å². The van der Waals surface area contributed by atoms with Gasteiger partial charge < -0.3 is 33.2 Å². The number of allylic oxidation sites excluding steroid dienone is 1. The number of imide groups is 1. The summed E-state index contributed by atoms with van der Waals surface area (Å²) in [7, 11) is 0. The van der Waals surface area contributed by atoms with Gasteiger partial charge in [-0.15, -0.1) is 0 Å². The van der Waals surface area contributed by atoms with E-state index in [1.165, 1.54) is 64.2 Å². The molecule has 1 aliphatic heterocycles. The molecule has 10 heteroatoms. The van der Waals surface area contributed by atoms with Crippen molar-refractivity contribution >= 4 is 12.2 Å². The molecule has 4 aromatic rings. The fourth-order valence-corrected chi connectivity index (χ4v) is 9.09. The van der Waals surface area contributed by atoms with Crippen LogP contribution in [0.3, 0.4) is 0 Å². The number of ether oxygens (including phenoxy) is 7. The first-order chi connectivity index (χ1) is 35.3. The Bertz CT molecular complexity index is 2080. The molecule has 0 aromatic heterocycles. The summed E-state index contributed by atoms with van der Waals surface area (Å²) in [5, 5.41) is 0. The number of carbonyl (C=O) groups excluding carboxylic acids is 2. The summed E-state index contributed by atoms with van der Waals surface area (Å²) in [5.41, 5.74) is 2.33. The molecule has 2 amide bonds.